The molecule has 0 atom stereocenters. The molecular formula is C15H15N3O. The van der Waals surface area contributed by atoms with Gasteiger partial charge in [0.1, 0.15) is 5.65 Å². The number of fused-ring (bicyclic) bond motifs is 3. The number of pyridine rings is 1. The molecule has 4 nitrogen and oxygen atoms in total. The Morgan fingerprint density at radius 3 is 3.05 bits per heavy atom. The van der Waals surface area contributed by atoms with Gasteiger partial charge in [-0.3, -0.25) is 4.79 Å². The number of amides is 1. The molecule has 0 bridgehead atoms. The van der Waals surface area contributed by atoms with E-state index in [2.05, 4.69) is 15.3 Å². The van der Waals surface area contributed by atoms with Crippen molar-refractivity contribution >= 4 is 27.8 Å². The third kappa shape index (κ3) is 1.95. The zero-order valence-electron chi connectivity index (χ0n) is 10.7. The van der Waals surface area contributed by atoms with Crippen LogP contribution in [0, 0.1) is 0 Å². The number of H-pyrrole nitrogens is 1. The van der Waals surface area contributed by atoms with Gasteiger partial charge in [0, 0.05) is 34.6 Å². The zero-order valence-corrected chi connectivity index (χ0v) is 10.7. The molecule has 0 aliphatic carbocycles. The number of nitrogens with zero attached hydrogens (tertiary/aromatic N) is 1. The second-order valence-corrected chi connectivity index (χ2v) is 4.51. The van der Waals surface area contributed by atoms with Crippen molar-refractivity contribution in [2.45, 2.75) is 13.3 Å². The lowest BCUT2D eigenvalue weighted by Gasteiger charge is -2.05. The molecule has 3 rings (SSSR count). The van der Waals surface area contributed by atoms with Gasteiger partial charge in [0.15, 0.2) is 0 Å². The van der Waals surface area contributed by atoms with E-state index in [1.807, 2.05) is 37.3 Å². The molecule has 0 fully saturated rings. The van der Waals surface area contributed by atoms with Gasteiger partial charge in [-0.1, -0.05) is 13.0 Å². The maximum absolute atomic E-state index is 12.2. The molecule has 0 saturated carbocycles. The van der Waals surface area contributed by atoms with E-state index in [0.717, 1.165) is 28.4 Å². The lowest BCUT2D eigenvalue weighted by atomic mass is 10.1. The van der Waals surface area contributed by atoms with Crippen LogP contribution in [0.15, 0.2) is 36.5 Å². The standard InChI is InChI=1S/C15H15N3O/c1-2-8-17-15(19)11-5-3-7-12-13(11)10-6-4-9-16-14(10)18-12/h3-7,9H,2,8H2,1H3,(H,16,18)(H,17,19). The monoisotopic (exact) mass is 253 g/mol. The first kappa shape index (κ1) is 11.7. The van der Waals surface area contributed by atoms with Crippen molar-refractivity contribution in [3.05, 3.63) is 42.1 Å². The quantitative estimate of drug-likeness (QED) is 0.754. The first-order chi connectivity index (χ1) is 9.31. The predicted octanol–water partition coefficient (Wildman–Crippen LogP) is 2.86. The number of aromatic amines is 1. The van der Waals surface area contributed by atoms with Crippen LogP contribution in [0.2, 0.25) is 0 Å². The minimum atomic E-state index is -0.0304. The van der Waals surface area contributed by atoms with Crippen molar-refractivity contribution in [2.24, 2.45) is 0 Å². The van der Waals surface area contributed by atoms with Crippen LogP contribution < -0.4 is 5.32 Å². The lowest BCUT2D eigenvalue weighted by molar-refractivity contribution is 0.0955. The number of nitrogens with one attached hydrogen (secondary N) is 2. The molecule has 3 aromatic rings. The minimum absolute atomic E-state index is 0.0304. The third-order valence-electron chi connectivity index (χ3n) is 3.17. The van der Waals surface area contributed by atoms with Crippen LogP contribution in [0.25, 0.3) is 21.9 Å². The summed E-state index contributed by atoms with van der Waals surface area (Å²) in [5.41, 5.74) is 2.45. The van der Waals surface area contributed by atoms with Crippen LogP contribution >= 0.6 is 0 Å². The Bertz CT molecular complexity index is 745. The van der Waals surface area contributed by atoms with Crippen molar-refractivity contribution in [1.29, 1.82) is 0 Å². The highest BCUT2D eigenvalue weighted by atomic mass is 16.1. The van der Waals surface area contributed by atoms with E-state index >= 15 is 0 Å². The molecule has 2 N–H and O–H groups in total. The number of rotatable bonds is 3. The molecule has 0 unspecified atom stereocenters. The highest BCUT2D eigenvalue weighted by Gasteiger charge is 2.13. The van der Waals surface area contributed by atoms with Crippen LogP contribution in [-0.2, 0) is 0 Å². The summed E-state index contributed by atoms with van der Waals surface area (Å²) >= 11 is 0. The molecule has 0 aliphatic rings. The van der Waals surface area contributed by atoms with Crippen LogP contribution in [0.3, 0.4) is 0 Å². The largest absolute Gasteiger partial charge is 0.352 e. The summed E-state index contributed by atoms with van der Waals surface area (Å²) in [6.07, 6.45) is 2.67. The van der Waals surface area contributed by atoms with E-state index < -0.39 is 0 Å². The molecule has 1 amide bonds. The van der Waals surface area contributed by atoms with E-state index in [4.69, 9.17) is 0 Å². The number of carbonyl (C=O) groups excluding carboxylic acids is 1. The predicted molar refractivity (Wildman–Crippen MR) is 76.2 cm³/mol. The van der Waals surface area contributed by atoms with E-state index in [1.165, 1.54) is 0 Å². The Morgan fingerprint density at radius 2 is 2.21 bits per heavy atom. The van der Waals surface area contributed by atoms with Gasteiger partial charge in [0.2, 0.25) is 0 Å². The Morgan fingerprint density at radius 1 is 1.32 bits per heavy atom. The average molecular weight is 253 g/mol. The van der Waals surface area contributed by atoms with Crippen molar-refractivity contribution in [3.8, 4) is 0 Å². The molecular weight excluding hydrogens is 238 g/mol. The highest BCUT2D eigenvalue weighted by Crippen LogP contribution is 2.27. The van der Waals surface area contributed by atoms with E-state index in [1.54, 1.807) is 6.20 Å². The molecule has 19 heavy (non-hydrogen) atoms. The van der Waals surface area contributed by atoms with Crippen LogP contribution in [-0.4, -0.2) is 22.4 Å². The van der Waals surface area contributed by atoms with E-state index in [0.29, 0.717) is 12.1 Å². The summed E-state index contributed by atoms with van der Waals surface area (Å²) in [5, 5.41) is 4.85. The van der Waals surface area contributed by atoms with E-state index in [9.17, 15) is 4.79 Å². The Kier molecular flexibility index (Phi) is 2.91. The SMILES string of the molecule is CCCNC(=O)c1cccc2[nH]c3ncccc3c12. The summed E-state index contributed by atoms with van der Waals surface area (Å²) < 4.78 is 0. The van der Waals surface area contributed by atoms with Gasteiger partial charge in [0.05, 0.1) is 0 Å². The van der Waals surface area contributed by atoms with Crippen molar-refractivity contribution in [3.63, 3.8) is 0 Å². The fraction of sp³-hybridized carbons (Fsp3) is 0.200. The summed E-state index contributed by atoms with van der Waals surface area (Å²) in [4.78, 5) is 19.7. The van der Waals surface area contributed by atoms with Crippen molar-refractivity contribution in [2.75, 3.05) is 6.54 Å². The topological polar surface area (TPSA) is 57.8 Å². The van der Waals surface area contributed by atoms with Gasteiger partial charge in [-0.15, -0.1) is 0 Å². The molecule has 4 heteroatoms. The summed E-state index contributed by atoms with van der Waals surface area (Å²) in [7, 11) is 0. The Balaban J connectivity index is 2.21. The summed E-state index contributed by atoms with van der Waals surface area (Å²) in [6, 6.07) is 9.58. The first-order valence-electron chi connectivity index (χ1n) is 6.45. The van der Waals surface area contributed by atoms with Crippen molar-refractivity contribution in [1.82, 2.24) is 15.3 Å². The zero-order chi connectivity index (χ0) is 13.2. The molecule has 2 heterocycles. The molecule has 0 radical (unpaired) electrons. The first-order valence-corrected chi connectivity index (χ1v) is 6.45. The minimum Gasteiger partial charge on any atom is -0.352 e. The number of hydrogen-bond donors (Lipinski definition) is 2. The second kappa shape index (κ2) is 4.72. The second-order valence-electron chi connectivity index (χ2n) is 4.51. The normalized spacial score (nSPS) is 11.0. The maximum atomic E-state index is 12.2. The lowest BCUT2D eigenvalue weighted by Crippen LogP contribution is -2.24. The van der Waals surface area contributed by atoms with Crippen molar-refractivity contribution < 1.29 is 4.79 Å². The van der Waals surface area contributed by atoms with Crippen LogP contribution in [0.1, 0.15) is 23.7 Å². The van der Waals surface area contributed by atoms with Gasteiger partial charge in [-0.25, -0.2) is 4.98 Å². The molecule has 0 saturated heterocycles. The number of hydrogen-bond acceptors (Lipinski definition) is 2. The fourth-order valence-electron chi connectivity index (χ4n) is 2.30. The van der Waals surface area contributed by atoms with E-state index in [-0.39, 0.29) is 5.91 Å². The van der Waals surface area contributed by atoms with Gasteiger partial charge in [-0.05, 0) is 30.7 Å². The Hall–Kier alpha value is -2.36. The smallest absolute Gasteiger partial charge is 0.251 e. The van der Waals surface area contributed by atoms with Crippen LogP contribution in [0.5, 0.6) is 0 Å². The summed E-state index contributed by atoms with van der Waals surface area (Å²) in [5.74, 6) is -0.0304. The van der Waals surface area contributed by atoms with Crippen LogP contribution in [0.4, 0.5) is 0 Å². The maximum Gasteiger partial charge on any atom is 0.251 e. The Labute approximate surface area is 110 Å². The molecule has 2 aromatic heterocycles. The highest BCUT2D eigenvalue weighted by molar-refractivity contribution is 6.16. The average Bonchev–Trinajstić information content (AvgIpc) is 2.83. The number of benzene rings is 1. The molecule has 96 valence electrons. The van der Waals surface area contributed by atoms with Gasteiger partial charge < -0.3 is 10.3 Å². The van der Waals surface area contributed by atoms with Gasteiger partial charge in [0.25, 0.3) is 5.91 Å². The molecule has 0 aliphatic heterocycles. The van der Waals surface area contributed by atoms with Gasteiger partial charge in [-0.2, -0.15) is 0 Å². The van der Waals surface area contributed by atoms with Gasteiger partial charge >= 0.3 is 0 Å². The molecule has 0 spiro atoms. The fourth-order valence-corrected chi connectivity index (χ4v) is 2.30. The number of carbonyl (C=O) groups is 1. The summed E-state index contributed by atoms with van der Waals surface area (Å²) in [6.45, 7) is 2.73. The number of aromatic nitrogens is 2. The molecule has 1 aromatic carbocycles. The third-order valence-corrected chi connectivity index (χ3v) is 3.17.